The standard InChI is InChI=1S/C12H18O5S/c1-10-2-4-12(5-3-10)18(15,16)17-9-7-11(14)6-8-13/h2-5,11,13-14H,6-9H2,1H3/t11-/m0/s1. The van der Waals surface area contributed by atoms with Crippen LogP contribution in [0.15, 0.2) is 29.2 Å². The van der Waals surface area contributed by atoms with E-state index in [1.165, 1.54) is 12.1 Å². The summed E-state index contributed by atoms with van der Waals surface area (Å²) in [4.78, 5) is 0.102. The molecule has 102 valence electrons. The van der Waals surface area contributed by atoms with Crippen molar-refractivity contribution in [3.8, 4) is 0 Å². The molecule has 1 aromatic rings. The van der Waals surface area contributed by atoms with E-state index < -0.39 is 16.2 Å². The van der Waals surface area contributed by atoms with Crippen molar-refractivity contribution < 1.29 is 22.8 Å². The Labute approximate surface area is 107 Å². The summed E-state index contributed by atoms with van der Waals surface area (Å²) in [5.41, 5.74) is 0.965. The summed E-state index contributed by atoms with van der Waals surface area (Å²) in [7, 11) is -3.76. The van der Waals surface area contributed by atoms with Gasteiger partial charge >= 0.3 is 0 Å². The highest BCUT2D eigenvalue weighted by molar-refractivity contribution is 7.86. The molecule has 0 aliphatic heterocycles. The zero-order valence-corrected chi connectivity index (χ0v) is 11.1. The van der Waals surface area contributed by atoms with E-state index >= 15 is 0 Å². The third-order valence-electron chi connectivity index (χ3n) is 2.46. The van der Waals surface area contributed by atoms with E-state index in [0.717, 1.165) is 5.56 Å². The van der Waals surface area contributed by atoms with Crippen molar-refractivity contribution in [2.45, 2.75) is 30.8 Å². The fourth-order valence-corrected chi connectivity index (χ4v) is 2.28. The van der Waals surface area contributed by atoms with Crippen LogP contribution in [-0.2, 0) is 14.3 Å². The second kappa shape index (κ2) is 6.84. The first-order valence-corrected chi connectivity index (χ1v) is 7.11. The molecule has 0 unspecified atom stereocenters. The summed E-state index contributed by atoms with van der Waals surface area (Å²) in [6, 6.07) is 6.34. The fourth-order valence-electron chi connectivity index (χ4n) is 1.36. The van der Waals surface area contributed by atoms with E-state index in [1.54, 1.807) is 12.1 Å². The van der Waals surface area contributed by atoms with Gasteiger partial charge in [-0.15, -0.1) is 0 Å². The Kier molecular flexibility index (Phi) is 5.74. The molecule has 0 amide bonds. The lowest BCUT2D eigenvalue weighted by atomic mass is 10.2. The van der Waals surface area contributed by atoms with Crippen LogP contribution in [0.25, 0.3) is 0 Å². The Morgan fingerprint density at radius 3 is 2.39 bits per heavy atom. The molecule has 1 atom stereocenters. The highest BCUT2D eigenvalue weighted by Crippen LogP contribution is 2.13. The van der Waals surface area contributed by atoms with E-state index in [-0.39, 0.29) is 31.0 Å². The molecule has 1 aromatic carbocycles. The Bertz CT molecular complexity index is 452. The normalized spacial score (nSPS) is 13.5. The van der Waals surface area contributed by atoms with Crippen LogP contribution < -0.4 is 0 Å². The van der Waals surface area contributed by atoms with Crippen molar-refractivity contribution in [1.82, 2.24) is 0 Å². The topological polar surface area (TPSA) is 83.8 Å². The minimum Gasteiger partial charge on any atom is -0.396 e. The van der Waals surface area contributed by atoms with Gasteiger partial charge < -0.3 is 10.2 Å². The van der Waals surface area contributed by atoms with Crippen LogP contribution >= 0.6 is 0 Å². The van der Waals surface area contributed by atoms with Crippen LogP contribution in [0.4, 0.5) is 0 Å². The SMILES string of the molecule is Cc1ccc(S(=O)(=O)OCC[C@@H](O)CCO)cc1. The molecule has 0 saturated carbocycles. The first kappa shape index (κ1) is 15.1. The summed E-state index contributed by atoms with van der Waals surface area (Å²) in [5.74, 6) is 0. The molecular formula is C12H18O5S. The van der Waals surface area contributed by atoms with Gasteiger partial charge in [0.15, 0.2) is 0 Å². The first-order chi connectivity index (χ1) is 8.45. The molecule has 0 fully saturated rings. The second-order valence-corrected chi connectivity index (χ2v) is 5.66. The van der Waals surface area contributed by atoms with Crippen LogP contribution in [-0.4, -0.2) is 37.9 Å². The summed E-state index contributed by atoms with van der Waals surface area (Å²) in [6.07, 6.45) is -0.359. The number of aryl methyl sites for hydroxylation is 1. The third kappa shape index (κ3) is 4.73. The zero-order chi connectivity index (χ0) is 13.6. The van der Waals surface area contributed by atoms with Gasteiger partial charge in [0, 0.05) is 6.61 Å². The van der Waals surface area contributed by atoms with Gasteiger partial charge in [-0.2, -0.15) is 8.42 Å². The van der Waals surface area contributed by atoms with Crippen molar-refractivity contribution >= 4 is 10.1 Å². The zero-order valence-electron chi connectivity index (χ0n) is 10.2. The maximum atomic E-state index is 11.7. The lowest BCUT2D eigenvalue weighted by molar-refractivity contribution is 0.109. The monoisotopic (exact) mass is 274 g/mol. The number of hydrogen-bond donors (Lipinski definition) is 2. The molecule has 5 nitrogen and oxygen atoms in total. The van der Waals surface area contributed by atoms with Crippen LogP contribution in [0.5, 0.6) is 0 Å². The molecule has 0 saturated heterocycles. The average Bonchev–Trinajstić information content (AvgIpc) is 2.29. The van der Waals surface area contributed by atoms with E-state index in [2.05, 4.69) is 0 Å². The molecule has 6 heteroatoms. The number of benzene rings is 1. The fraction of sp³-hybridized carbons (Fsp3) is 0.500. The van der Waals surface area contributed by atoms with Gasteiger partial charge in [-0.05, 0) is 31.9 Å². The molecule has 0 heterocycles. The molecular weight excluding hydrogens is 256 g/mol. The Morgan fingerprint density at radius 2 is 1.83 bits per heavy atom. The smallest absolute Gasteiger partial charge is 0.296 e. The van der Waals surface area contributed by atoms with Crippen LogP contribution in [0.2, 0.25) is 0 Å². The molecule has 18 heavy (non-hydrogen) atoms. The van der Waals surface area contributed by atoms with Gasteiger partial charge in [0.1, 0.15) is 0 Å². The Hall–Kier alpha value is -0.950. The average molecular weight is 274 g/mol. The van der Waals surface area contributed by atoms with Crippen molar-refractivity contribution in [1.29, 1.82) is 0 Å². The Balaban J connectivity index is 2.52. The molecule has 0 bridgehead atoms. The van der Waals surface area contributed by atoms with E-state index in [4.69, 9.17) is 9.29 Å². The summed E-state index contributed by atoms with van der Waals surface area (Å²) in [5, 5.41) is 17.9. The number of hydrogen-bond acceptors (Lipinski definition) is 5. The summed E-state index contributed by atoms with van der Waals surface area (Å²) in [6.45, 7) is 1.63. The predicted molar refractivity (Wildman–Crippen MR) is 66.6 cm³/mol. The van der Waals surface area contributed by atoms with Crippen LogP contribution in [0.1, 0.15) is 18.4 Å². The predicted octanol–water partition coefficient (Wildman–Crippen LogP) is 0.834. The lowest BCUT2D eigenvalue weighted by Gasteiger charge is -2.09. The van der Waals surface area contributed by atoms with Crippen molar-refractivity contribution in [2.75, 3.05) is 13.2 Å². The number of aliphatic hydroxyl groups is 2. The van der Waals surface area contributed by atoms with Crippen LogP contribution in [0.3, 0.4) is 0 Å². The first-order valence-electron chi connectivity index (χ1n) is 5.71. The molecule has 0 radical (unpaired) electrons. The Morgan fingerprint density at radius 1 is 1.22 bits per heavy atom. The maximum Gasteiger partial charge on any atom is 0.296 e. The van der Waals surface area contributed by atoms with Gasteiger partial charge in [-0.1, -0.05) is 17.7 Å². The van der Waals surface area contributed by atoms with E-state index in [1.807, 2.05) is 6.92 Å². The molecule has 0 spiro atoms. The quantitative estimate of drug-likeness (QED) is 0.720. The lowest BCUT2D eigenvalue weighted by Crippen LogP contribution is -2.15. The highest BCUT2D eigenvalue weighted by atomic mass is 32.2. The van der Waals surface area contributed by atoms with Crippen molar-refractivity contribution in [2.24, 2.45) is 0 Å². The summed E-state index contributed by atoms with van der Waals surface area (Å²) >= 11 is 0. The van der Waals surface area contributed by atoms with E-state index in [0.29, 0.717) is 0 Å². The van der Waals surface area contributed by atoms with Crippen molar-refractivity contribution in [3.05, 3.63) is 29.8 Å². The maximum absolute atomic E-state index is 11.7. The van der Waals surface area contributed by atoms with Gasteiger partial charge in [0.05, 0.1) is 17.6 Å². The molecule has 0 aliphatic carbocycles. The third-order valence-corrected chi connectivity index (χ3v) is 3.79. The molecule has 0 aliphatic rings. The second-order valence-electron chi connectivity index (χ2n) is 4.04. The van der Waals surface area contributed by atoms with Gasteiger partial charge in [0.2, 0.25) is 0 Å². The van der Waals surface area contributed by atoms with Crippen molar-refractivity contribution in [3.63, 3.8) is 0 Å². The summed E-state index contributed by atoms with van der Waals surface area (Å²) < 4.78 is 28.3. The molecule has 1 rings (SSSR count). The van der Waals surface area contributed by atoms with Gasteiger partial charge in [-0.25, -0.2) is 0 Å². The van der Waals surface area contributed by atoms with Crippen LogP contribution in [0, 0.1) is 6.92 Å². The molecule has 0 aromatic heterocycles. The minimum atomic E-state index is -3.76. The number of aliphatic hydroxyl groups excluding tert-OH is 2. The minimum absolute atomic E-state index is 0.0998. The highest BCUT2D eigenvalue weighted by Gasteiger charge is 2.15. The van der Waals surface area contributed by atoms with E-state index in [9.17, 15) is 13.5 Å². The molecule has 2 N–H and O–H groups in total. The van der Waals surface area contributed by atoms with Gasteiger partial charge in [-0.3, -0.25) is 4.18 Å². The van der Waals surface area contributed by atoms with Gasteiger partial charge in [0.25, 0.3) is 10.1 Å². The largest absolute Gasteiger partial charge is 0.396 e. The number of rotatable bonds is 7.